The molecule has 4 heterocycles. The van der Waals surface area contributed by atoms with Gasteiger partial charge in [-0.15, -0.1) is 0 Å². The Balaban J connectivity index is 1.71. The minimum absolute atomic E-state index is 0.0747. The van der Waals surface area contributed by atoms with Crippen LogP contribution in [0, 0.1) is 0 Å². The van der Waals surface area contributed by atoms with E-state index in [1.54, 1.807) is 18.2 Å². The van der Waals surface area contributed by atoms with Crippen molar-refractivity contribution in [3.05, 3.63) is 35.7 Å². The molecule has 1 aliphatic rings. The standard InChI is InChI=1S/C22H28N6O5S/c1-4-16-12-32-8-7-28(16)20-10-15(13-34(3,30)31)25-21(27-20)18-6-5-17-19(26-18)9-14(24-17)11-33-22(29)23-2/h5-6,9-10,16,24H,4,7-8,11-13H2,1-3H3,(H,23,29)/t16-/m0/s1. The van der Waals surface area contributed by atoms with E-state index in [9.17, 15) is 13.2 Å². The highest BCUT2D eigenvalue weighted by Crippen LogP contribution is 2.25. The number of aromatic amines is 1. The summed E-state index contributed by atoms with van der Waals surface area (Å²) < 4.78 is 34.7. The van der Waals surface area contributed by atoms with Crippen molar-refractivity contribution in [2.75, 3.05) is 38.0 Å². The van der Waals surface area contributed by atoms with Gasteiger partial charge in [0.05, 0.1) is 47.4 Å². The second-order valence-corrected chi connectivity index (χ2v) is 10.3. The quantitative estimate of drug-likeness (QED) is 0.511. The highest BCUT2D eigenvalue weighted by atomic mass is 32.2. The van der Waals surface area contributed by atoms with Gasteiger partial charge in [0, 0.05) is 25.9 Å². The SMILES string of the molecule is CC[C@H]1COCCN1c1cc(CS(C)(=O)=O)nc(-c2ccc3[nH]c(COC(=O)NC)cc3n2)n1. The smallest absolute Gasteiger partial charge is 0.407 e. The largest absolute Gasteiger partial charge is 0.443 e. The number of H-pyrrole nitrogens is 1. The Hall–Kier alpha value is -3.25. The molecule has 0 unspecified atom stereocenters. The lowest BCUT2D eigenvalue weighted by Gasteiger charge is -2.36. The lowest BCUT2D eigenvalue weighted by atomic mass is 10.1. The van der Waals surface area contributed by atoms with Crippen molar-refractivity contribution in [2.24, 2.45) is 0 Å². The van der Waals surface area contributed by atoms with E-state index < -0.39 is 15.9 Å². The van der Waals surface area contributed by atoms with Crippen LogP contribution < -0.4 is 10.2 Å². The van der Waals surface area contributed by atoms with Gasteiger partial charge in [-0.2, -0.15) is 0 Å². The van der Waals surface area contributed by atoms with Gasteiger partial charge >= 0.3 is 6.09 Å². The zero-order valence-electron chi connectivity index (χ0n) is 19.4. The summed E-state index contributed by atoms with van der Waals surface area (Å²) in [6, 6.07) is 7.30. The topological polar surface area (TPSA) is 139 Å². The first kappa shape index (κ1) is 23.9. The molecule has 182 valence electrons. The zero-order chi connectivity index (χ0) is 24.3. The van der Waals surface area contributed by atoms with Crippen LogP contribution in [0.5, 0.6) is 0 Å². The normalized spacial score (nSPS) is 16.6. The summed E-state index contributed by atoms with van der Waals surface area (Å²) in [6.45, 7) is 3.98. The average Bonchev–Trinajstić information content (AvgIpc) is 3.23. The van der Waals surface area contributed by atoms with Crippen LogP contribution in [-0.4, -0.2) is 73.6 Å². The summed E-state index contributed by atoms with van der Waals surface area (Å²) in [6.07, 6.45) is 1.53. The van der Waals surface area contributed by atoms with Crippen LogP contribution in [0.4, 0.5) is 10.6 Å². The second kappa shape index (κ2) is 9.94. The van der Waals surface area contributed by atoms with E-state index in [0.29, 0.717) is 54.0 Å². The maximum atomic E-state index is 12.0. The van der Waals surface area contributed by atoms with Crippen LogP contribution in [-0.2, 0) is 31.7 Å². The minimum Gasteiger partial charge on any atom is -0.443 e. The summed E-state index contributed by atoms with van der Waals surface area (Å²) >= 11 is 0. The van der Waals surface area contributed by atoms with Crippen LogP contribution in [0.15, 0.2) is 24.3 Å². The highest BCUT2D eigenvalue weighted by molar-refractivity contribution is 7.89. The third-order valence-corrected chi connectivity index (χ3v) is 6.31. The number of carbonyl (C=O) groups is 1. The molecule has 3 aromatic rings. The molecule has 0 spiro atoms. The van der Waals surface area contributed by atoms with E-state index in [4.69, 9.17) is 14.5 Å². The van der Waals surface area contributed by atoms with Crippen molar-refractivity contribution in [1.29, 1.82) is 0 Å². The van der Waals surface area contributed by atoms with Crippen LogP contribution >= 0.6 is 0 Å². The predicted octanol–water partition coefficient (Wildman–Crippen LogP) is 2.04. The zero-order valence-corrected chi connectivity index (χ0v) is 20.2. The number of rotatable bonds is 7. The molecule has 3 aromatic heterocycles. The van der Waals surface area contributed by atoms with Crippen molar-refractivity contribution in [3.63, 3.8) is 0 Å². The van der Waals surface area contributed by atoms with Gasteiger partial charge in [-0.05, 0) is 24.6 Å². The summed E-state index contributed by atoms with van der Waals surface area (Å²) in [4.78, 5) is 30.6. The number of morpholine rings is 1. The number of carbonyl (C=O) groups excluding carboxylic acids is 1. The number of nitrogens with one attached hydrogen (secondary N) is 2. The van der Waals surface area contributed by atoms with Gasteiger partial charge in [-0.1, -0.05) is 6.92 Å². The molecule has 1 amide bonds. The average molecular weight is 489 g/mol. The monoisotopic (exact) mass is 488 g/mol. The van der Waals surface area contributed by atoms with Crippen LogP contribution in [0.1, 0.15) is 24.7 Å². The molecular formula is C22H28N6O5S. The molecule has 1 fully saturated rings. The molecule has 12 heteroatoms. The highest BCUT2D eigenvalue weighted by Gasteiger charge is 2.25. The van der Waals surface area contributed by atoms with E-state index >= 15 is 0 Å². The van der Waals surface area contributed by atoms with Gasteiger partial charge in [-0.3, -0.25) is 0 Å². The van der Waals surface area contributed by atoms with Gasteiger partial charge in [0.25, 0.3) is 0 Å². The second-order valence-electron chi connectivity index (χ2n) is 8.19. The van der Waals surface area contributed by atoms with Gasteiger partial charge in [0.2, 0.25) is 0 Å². The van der Waals surface area contributed by atoms with Crippen LogP contribution in [0.25, 0.3) is 22.6 Å². The van der Waals surface area contributed by atoms with Crippen molar-refractivity contribution in [2.45, 2.75) is 31.7 Å². The number of amides is 1. The van der Waals surface area contributed by atoms with Crippen molar-refractivity contribution >= 4 is 32.8 Å². The van der Waals surface area contributed by atoms with Gasteiger partial charge < -0.3 is 24.7 Å². The number of anilines is 1. The third-order valence-electron chi connectivity index (χ3n) is 5.49. The number of ether oxygens (including phenoxy) is 2. The summed E-state index contributed by atoms with van der Waals surface area (Å²) in [5, 5.41) is 2.40. The number of alkyl carbamates (subject to hydrolysis) is 1. The maximum absolute atomic E-state index is 12.0. The molecule has 0 saturated carbocycles. The van der Waals surface area contributed by atoms with Gasteiger partial charge in [0.1, 0.15) is 18.1 Å². The number of nitrogens with zero attached hydrogens (tertiary/aromatic N) is 4. The fraction of sp³-hybridized carbons (Fsp3) is 0.455. The molecular weight excluding hydrogens is 460 g/mol. The Labute approximate surface area is 197 Å². The van der Waals surface area contributed by atoms with E-state index in [1.807, 2.05) is 6.07 Å². The molecule has 1 aliphatic heterocycles. The first-order chi connectivity index (χ1) is 16.3. The van der Waals surface area contributed by atoms with Crippen LogP contribution in [0.2, 0.25) is 0 Å². The van der Waals surface area contributed by atoms with E-state index in [0.717, 1.165) is 11.9 Å². The summed E-state index contributed by atoms with van der Waals surface area (Å²) in [5.74, 6) is 0.822. The van der Waals surface area contributed by atoms with Gasteiger partial charge in [-0.25, -0.2) is 28.2 Å². The number of hydrogen-bond acceptors (Lipinski definition) is 9. The molecule has 11 nitrogen and oxygen atoms in total. The molecule has 4 rings (SSSR count). The van der Waals surface area contributed by atoms with E-state index in [1.165, 1.54) is 13.3 Å². The number of hydrogen-bond donors (Lipinski definition) is 2. The minimum atomic E-state index is -3.30. The van der Waals surface area contributed by atoms with Crippen molar-refractivity contribution in [3.8, 4) is 11.5 Å². The Kier molecular flexibility index (Phi) is 6.98. The Morgan fingerprint density at radius 1 is 1.29 bits per heavy atom. The molecule has 0 radical (unpaired) electrons. The number of fused-ring (bicyclic) bond motifs is 1. The third kappa shape index (κ3) is 5.62. The first-order valence-electron chi connectivity index (χ1n) is 11.0. The fourth-order valence-corrected chi connectivity index (χ4v) is 4.55. The summed E-state index contributed by atoms with van der Waals surface area (Å²) in [7, 11) is -1.80. The van der Waals surface area contributed by atoms with Gasteiger partial charge in [0.15, 0.2) is 15.7 Å². The Bertz CT molecular complexity index is 1290. The van der Waals surface area contributed by atoms with Crippen LogP contribution in [0.3, 0.4) is 0 Å². The maximum Gasteiger partial charge on any atom is 0.407 e. The fourth-order valence-electron chi connectivity index (χ4n) is 3.86. The molecule has 0 bridgehead atoms. The molecule has 34 heavy (non-hydrogen) atoms. The molecule has 0 aromatic carbocycles. The summed E-state index contributed by atoms with van der Waals surface area (Å²) in [5.41, 5.74) is 3.05. The number of aromatic nitrogens is 4. The lowest BCUT2D eigenvalue weighted by Crippen LogP contribution is -2.45. The molecule has 1 atom stereocenters. The molecule has 2 N–H and O–H groups in total. The Morgan fingerprint density at radius 2 is 2.12 bits per heavy atom. The molecule has 1 saturated heterocycles. The lowest BCUT2D eigenvalue weighted by molar-refractivity contribution is 0.0925. The molecule has 0 aliphatic carbocycles. The first-order valence-corrected chi connectivity index (χ1v) is 13.1. The van der Waals surface area contributed by atoms with E-state index in [-0.39, 0.29) is 18.4 Å². The van der Waals surface area contributed by atoms with Crippen molar-refractivity contribution < 1.29 is 22.7 Å². The number of sulfone groups is 1. The van der Waals surface area contributed by atoms with Crippen molar-refractivity contribution in [1.82, 2.24) is 25.3 Å². The number of pyridine rings is 1. The van der Waals surface area contributed by atoms with E-state index in [2.05, 4.69) is 32.1 Å². The Morgan fingerprint density at radius 3 is 2.85 bits per heavy atom. The predicted molar refractivity (Wildman–Crippen MR) is 127 cm³/mol.